The van der Waals surface area contributed by atoms with Gasteiger partial charge in [-0.3, -0.25) is 24.1 Å². The lowest BCUT2D eigenvalue weighted by molar-refractivity contribution is -0.186. The number of likely N-dealkylation sites (tertiary alicyclic amines) is 1. The van der Waals surface area contributed by atoms with Crippen molar-refractivity contribution in [2.75, 3.05) is 26.2 Å². The van der Waals surface area contributed by atoms with Crippen LogP contribution in [0.3, 0.4) is 0 Å². The van der Waals surface area contributed by atoms with Crippen LogP contribution in [0.25, 0.3) is 0 Å². The van der Waals surface area contributed by atoms with E-state index < -0.39 is 5.97 Å². The Bertz CT molecular complexity index is 760. The lowest BCUT2D eigenvalue weighted by atomic mass is 9.98. The Morgan fingerprint density at radius 3 is 1.94 bits per heavy atom. The van der Waals surface area contributed by atoms with Gasteiger partial charge in [-0.15, -0.1) is 5.06 Å². The number of hydroxylamine groups is 2. The Hall–Kier alpha value is -2.95. The van der Waals surface area contributed by atoms with Crippen LogP contribution in [0.1, 0.15) is 65.2 Å². The number of amides is 4. The van der Waals surface area contributed by atoms with Crippen molar-refractivity contribution < 1.29 is 28.8 Å². The van der Waals surface area contributed by atoms with Crippen molar-refractivity contribution in [1.29, 1.82) is 0 Å². The molecule has 2 unspecified atom stereocenters. The number of hydrogen-bond acceptors (Lipinski definition) is 7. The fourth-order valence-corrected chi connectivity index (χ4v) is 4.01. The highest BCUT2D eigenvalue weighted by atomic mass is 16.7. The van der Waals surface area contributed by atoms with Crippen molar-refractivity contribution >= 4 is 29.6 Å². The third-order valence-electron chi connectivity index (χ3n) is 6.04. The van der Waals surface area contributed by atoms with E-state index in [2.05, 4.69) is 41.3 Å². The standard InChI is InChI=1S/C23H37N5O6/c1-16-5-4-6-17(2)27(16)15-21(31)26-13-10-19(29)24-12-9-20(30)25-14-11-23(33)34-28-18(3)7-8-22(28)32/h16-17H,3-15H2,1-2H3,(H,24,29)(H,25,30)(H,26,31)/i10+1,13+1,19+1,20+1,21+1. The first-order chi connectivity index (χ1) is 16.2. The van der Waals surface area contributed by atoms with Crippen LogP contribution in [0.5, 0.6) is 0 Å². The number of carbonyl (C=O) groups is 5. The SMILES string of the molecule is C=C1CCC(=O)N1OC(=O)CCN[13C](=O)CCN[13C](=O)[13CH2][13CH2]N[13C](=O)CN1C(C)CCCC1C. The van der Waals surface area contributed by atoms with Crippen molar-refractivity contribution in [3.63, 3.8) is 0 Å². The summed E-state index contributed by atoms with van der Waals surface area (Å²) in [5.41, 5.74) is 0.434. The maximum Gasteiger partial charge on any atom is 0.334 e. The number of nitrogens with one attached hydrogen (secondary N) is 3. The molecule has 0 aromatic heterocycles. The predicted octanol–water partition coefficient (Wildman–Crippen LogP) is 0.363. The normalized spacial score (nSPS) is 20.7. The zero-order chi connectivity index (χ0) is 25.1. The van der Waals surface area contributed by atoms with E-state index in [1.807, 2.05) is 0 Å². The van der Waals surface area contributed by atoms with Crippen molar-refractivity contribution in [2.45, 2.75) is 77.3 Å². The molecule has 2 aliphatic rings. The highest BCUT2D eigenvalue weighted by Gasteiger charge is 2.28. The van der Waals surface area contributed by atoms with Gasteiger partial charge in [0.15, 0.2) is 0 Å². The van der Waals surface area contributed by atoms with E-state index in [0.717, 1.165) is 17.9 Å². The summed E-state index contributed by atoms with van der Waals surface area (Å²) in [6.07, 6.45) is 4.17. The van der Waals surface area contributed by atoms with Crippen LogP contribution in [0, 0.1) is 0 Å². The van der Waals surface area contributed by atoms with Crippen LogP contribution in [-0.2, 0) is 28.8 Å². The van der Waals surface area contributed by atoms with Gasteiger partial charge in [0.25, 0.3) is 5.91 Å². The maximum absolute atomic E-state index is 12.2. The van der Waals surface area contributed by atoms with E-state index in [-0.39, 0.29) is 68.9 Å². The molecule has 3 N–H and O–H groups in total. The molecule has 0 aliphatic carbocycles. The summed E-state index contributed by atoms with van der Waals surface area (Å²) in [5.74, 6) is -1.63. The molecule has 0 saturated carbocycles. The van der Waals surface area contributed by atoms with Gasteiger partial charge in [-0.2, -0.15) is 0 Å². The monoisotopic (exact) mass is 484 g/mol. The fraction of sp³-hybridized carbons (Fsp3) is 0.696. The third-order valence-corrected chi connectivity index (χ3v) is 6.04. The summed E-state index contributed by atoms with van der Waals surface area (Å²) >= 11 is 0. The Balaban J connectivity index is 1.49. The van der Waals surface area contributed by atoms with Gasteiger partial charge in [0.05, 0.1) is 18.7 Å². The number of rotatable bonds is 12. The number of hydrogen-bond donors (Lipinski definition) is 3. The van der Waals surface area contributed by atoms with E-state index in [1.54, 1.807) is 0 Å². The van der Waals surface area contributed by atoms with Gasteiger partial charge in [0, 0.05) is 51.0 Å². The lowest BCUT2D eigenvalue weighted by Gasteiger charge is -2.38. The first kappa shape index (κ1) is 27.3. The Labute approximate surface area is 200 Å². The molecule has 4 amide bonds. The number of allylic oxidation sites excluding steroid dienone is 1. The minimum absolute atomic E-state index is 0.0549. The molecule has 2 fully saturated rings. The van der Waals surface area contributed by atoms with Gasteiger partial charge in [0.2, 0.25) is 17.7 Å². The predicted molar refractivity (Wildman–Crippen MR) is 124 cm³/mol. The van der Waals surface area contributed by atoms with Gasteiger partial charge >= 0.3 is 5.97 Å². The summed E-state index contributed by atoms with van der Waals surface area (Å²) in [4.78, 5) is 66.4. The topological polar surface area (TPSA) is 137 Å². The first-order valence-corrected chi connectivity index (χ1v) is 11.9. The smallest absolute Gasteiger partial charge is 0.334 e. The number of piperidine rings is 1. The molecule has 11 nitrogen and oxygen atoms in total. The van der Waals surface area contributed by atoms with Crippen LogP contribution in [0.15, 0.2) is 12.3 Å². The minimum Gasteiger partial charge on any atom is -0.356 e. The second-order valence-electron chi connectivity index (χ2n) is 8.82. The van der Waals surface area contributed by atoms with Gasteiger partial charge in [0.1, 0.15) is 0 Å². The average Bonchev–Trinajstić information content (AvgIpc) is 3.08. The summed E-state index contributed by atoms with van der Waals surface area (Å²) in [6.45, 7) is 8.69. The maximum atomic E-state index is 12.2. The molecule has 11 heteroatoms. The van der Waals surface area contributed by atoms with Crippen LogP contribution in [-0.4, -0.2) is 77.8 Å². The van der Waals surface area contributed by atoms with Gasteiger partial charge in [-0.05, 0) is 33.1 Å². The molecule has 0 aromatic carbocycles. The van der Waals surface area contributed by atoms with Crippen molar-refractivity contribution in [1.82, 2.24) is 25.9 Å². The summed E-state index contributed by atoms with van der Waals surface area (Å²) in [7, 11) is 0. The molecule has 2 aliphatic heterocycles. The second kappa shape index (κ2) is 13.7. The van der Waals surface area contributed by atoms with Crippen LogP contribution >= 0.6 is 0 Å². The van der Waals surface area contributed by atoms with E-state index in [9.17, 15) is 24.0 Å². The molecule has 0 radical (unpaired) electrons. The molecular weight excluding hydrogens is 447 g/mol. The molecule has 2 rings (SSSR count). The fourth-order valence-electron chi connectivity index (χ4n) is 4.01. The summed E-state index contributed by atoms with van der Waals surface area (Å²) in [5, 5.41) is 8.87. The number of carbonyl (C=O) groups excluding carboxylic acids is 5. The zero-order valence-electron chi connectivity index (χ0n) is 20.2. The van der Waals surface area contributed by atoms with Crippen molar-refractivity contribution in [3.8, 4) is 0 Å². The highest BCUT2D eigenvalue weighted by Crippen LogP contribution is 2.22. The molecule has 2 atom stereocenters. The Morgan fingerprint density at radius 1 is 0.882 bits per heavy atom. The molecule has 2 saturated heterocycles. The largest absolute Gasteiger partial charge is 0.356 e. The molecular formula is C23H37N5O6. The Morgan fingerprint density at radius 2 is 1.41 bits per heavy atom. The van der Waals surface area contributed by atoms with E-state index >= 15 is 0 Å². The quantitative estimate of drug-likeness (QED) is 0.340. The van der Waals surface area contributed by atoms with Crippen LogP contribution in [0.2, 0.25) is 0 Å². The molecule has 190 valence electrons. The Kier molecular flexibility index (Phi) is 11.0. The van der Waals surface area contributed by atoms with E-state index in [0.29, 0.717) is 30.7 Å². The van der Waals surface area contributed by atoms with Crippen LogP contribution < -0.4 is 16.0 Å². The third kappa shape index (κ3) is 9.12. The zero-order valence-corrected chi connectivity index (χ0v) is 20.2. The van der Waals surface area contributed by atoms with Crippen molar-refractivity contribution in [3.05, 3.63) is 12.3 Å². The second-order valence-corrected chi connectivity index (χ2v) is 8.82. The average molecular weight is 485 g/mol. The van der Waals surface area contributed by atoms with E-state index in [1.165, 1.54) is 6.42 Å². The van der Waals surface area contributed by atoms with Crippen LogP contribution in [0.4, 0.5) is 0 Å². The number of nitrogens with zero attached hydrogens (tertiary/aromatic N) is 2. The molecule has 2 heterocycles. The van der Waals surface area contributed by atoms with Crippen molar-refractivity contribution in [2.24, 2.45) is 0 Å². The molecule has 34 heavy (non-hydrogen) atoms. The first-order valence-electron chi connectivity index (χ1n) is 11.9. The summed E-state index contributed by atoms with van der Waals surface area (Å²) < 4.78 is 0. The molecule has 0 bridgehead atoms. The summed E-state index contributed by atoms with van der Waals surface area (Å²) in [6, 6.07) is 0.757. The van der Waals surface area contributed by atoms with Gasteiger partial charge in [-0.25, -0.2) is 4.79 Å². The van der Waals surface area contributed by atoms with E-state index in [4.69, 9.17) is 4.84 Å². The molecule has 0 aromatic rings. The lowest BCUT2D eigenvalue weighted by Crippen LogP contribution is -2.49. The highest BCUT2D eigenvalue weighted by molar-refractivity contribution is 5.83. The van der Waals surface area contributed by atoms with Gasteiger partial charge < -0.3 is 20.8 Å². The molecule has 0 spiro atoms. The minimum atomic E-state index is -0.642. The van der Waals surface area contributed by atoms with Gasteiger partial charge in [-0.1, -0.05) is 13.0 Å².